The summed E-state index contributed by atoms with van der Waals surface area (Å²) in [5.41, 5.74) is 3.16. The number of benzene rings is 1. The normalized spacial score (nSPS) is 15.5. The predicted octanol–water partition coefficient (Wildman–Crippen LogP) is 3.75. The van der Waals surface area contributed by atoms with Crippen LogP contribution in [0.15, 0.2) is 30.6 Å². The Labute approximate surface area is 178 Å². The van der Waals surface area contributed by atoms with Crippen molar-refractivity contribution < 1.29 is 19.1 Å². The Morgan fingerprint density at radius 2 is 2.10 bits per heavy atom. The lowest BCUT2D eigenvalue weighted by Crippen LogP contribution is -2.34. The van der Waals surface area contributed by atoms with Crippen molar-refractivity contribution in [3.63, 3.8) is 0 Å². The minimum absolute atomic E-state index is 0.00484. The average molecular weight is 426 g/mol. The molecule has 1 amide bonds. The third kappa shape index (κ3) is 4.00. The molecule has 1 atom stereocenters. The van der Waals surface area contributed by atoms with Crippen LogP contribution in [0.2, 0.25) is 0 Å². The maximum absolute atomic E-state index is 12.6. The maximum atomic E-state index is 12.6. The highest BCUT2D eigenvalue weighted by Gasteiger charge is 2.23. The zero-order valence-electron chi connectivity index (χ0n) is 16.9. The number of rotatable bonds is 6. The van der Waals surface area contributed by atoms with E-state index in [2.05, 4.69) is 27.4 Å². The number of hydrogen-bond donors (Lipinski definition) is 1. The van der Waals surface area contributed by atoms with E-state index in [0.29, 0.717) is 33.1 Å². The maximum Gasteiger partial charge on any atom is 0.348 e. The van der Waals surface area contributed by atoms with Crippen LogP contribution in [0, 0.1) is 6.92 Å². The van der Waals surface area contributed by atoms with Gasteiger partial charge in [0.05, 0.1) is 18.0 Å². The van der Waals surface area contributed by atoms with Crippen LogP contribution < -0.4 is 10.1 Å². The number of ether oxygens (including phenoxy) is 2. The molecule has 3 aromatic rings. The number of hydrogen-bond acceptors (Lipinski definition) is 7. The van der Waals surface area contributed by atoms with Gasteiger partial charge in [0.2, 0.25) is 5.88 Å². The molecule has 1 aliphatic carbocycles. The van der Waals surface area contributed by atoms with Gasteiger partial charge in [-0.1, -0.05) is 24.3 Å². The molecule has 1 aliphatic rings. The molecule has 0 saturated carbocycles. The smallest absolute Gasteiger partial charge is 0.348 e. The van der Waals surface area contributed by atoms with Crippen LogP contribution in [0.25, 0.3) is 10.2 Å². The van der Waals surface area contributed by atoms with E-state index in [4.69, 9.17) is 9.47 Å². The molecule has 0 bridgehead atoms. The highest BCUT2D eigenvalue weighted by Crippen LogP contribution is 2.35. The third-order valence-electron chi connectivity index (χ3n) is 5.20. The lowest BCUT2D eigenvalue weighted by molar-refractivity contribution is -0.124. The summed E-state index contributed by atoms with van der Waals surface area (Å²) in [6.07, 6.45) is 4.36. The second-order valence-corrected chi connectivity index (χ2v) is 8.13. The monoisotopic (exact) mass is 425 g/mol. The van der Waals surface area contributed by atoms with Crippen LogP contribution in [-0.4, -0.2) is 35.1 Å². The molecule has 0 radical (unpaired) electrons. The minimum atomic E-state index is -0.391. The van der Waals surface area contributed by atoms with E-state index in [1.54, 1.807) is 13.8 Å². The van der Waals surface area contributed by atoms with Gasteiger partial charge in [0.15, 0.2) is 6.61 Å². The molecule has 7 nitrogen and oxygen atoms in total. The summed E-state index contributed by atoms with van der Waals surface area (Å²) < 4.78 is 10.8. The van der Waals surface area contributed by atoms with Gasteiger partial charge in [0.1, 0.15) is 16.0 Å². The second-order valence-electron chi connectivity index (χ2n) is 7.14. The van der Waals surface area contributed by atoms with Gasteiger partial charge in [-0.3, -0.25) is 4.79 Å². The van der Waals surface area contributed by atoms with Crippen LogP contribution >= 0.6 is 11.3 Å². The predicted molar refractivity (Wildman–Crippen MR) is 114 cm³/mol. The zero-order chi connectivity index (χ0) is 21.1. The van der Waals surface area contributed by atoms with E-state index in [9.17, 15) is 9.59 Å². The molecule has 8 heteroatoms. The van der Waals surface area contributed by atoms with Crippen LogP contribution in [0.3, 0.4) is 0 Å². The lowest BCUT2D eigenvalue weighted by Gasteiger charge is -2.26. The van der Waals surface area contributed by atoms with Crippen LogP contribution in [0.4, 0.5) is 0 Å². The van der Waals surface area contributed by atoms with E-state index >= 15 is 0 Å². The van der Waals surface area contributed by atoms with E-state index in [1.165, 1.54) is 28.8 Å². The van der Waals surface area contributed by atoms with Crippen molar-refractivity contribution in [2.24, 2.45) is 0 Å². The molecule has 0 aliphatic heterocycles. The molecule has 0 unspecified atom stereocenters. The van der Waals surface area contributed by atoms with Crippen molar-refractivity contribution in [1.82, 2.24) is 15.3 Å². The molecule has 2 aromatic heterocycles. The molecule has 0 spiro atoms. The van der Waals surface area contributed by atoms with Crippen molar-refractivity contribution in [2.45, 2.75) is 39.2 Å². The number of amides is 1. The molecule has 2 heterocycles. The second kappa shape index (κ2) is 8.79. The molecular formula is C22H23N3O4S. The molecular weight excluding hydrogens is 402 g/mol. The van der Waals surface area contributed by atoms with E-state index in [1.807, 2.05) is 12.1 Å². The topological polar surface area (TPSA) is 90.4 Å². The van der Waals surface area contributed by atoms with Crippen LogP contribution in [0.5, 0.6) is 5.88 Å². The Kier molecular flexibility index (Phi) is 5.94. The summed E-state index contributed by atoms with van der Waals surface area (Å²) in [7, 11) is 0. The van der Waals surface area contributed by atoms with Crippen LogP contribution in [0.1, 0.15) is 52.2 Å². The number of nitrogens with one attached hydrogen (secondary N) is 1. The Morgan fingerprint density at radius 1 is 1.27 bits per heavy atom. The first kappa shape index (κ1) is 20.3. The first-order valence-electron chi connectivity index (χ1n) is 9.99. The summed E-state index contributed by atoms with van der Waals surface area (Å²) in [5, 5.41) is 3.71. The van der Waals surface area contributed by atoms with Gasteiger partial charge < -0.3 is 14.8 Å². The highest BCUT2D eigenvalue weighted by molar-refractivity contribution is 7.20. The molecule has 0 saturated heterocycles. The van der Waals surface area contributed by atoms with Crippen molar-refractivity contribution in [2.75, 3.05) is 13.2 Å². The Bertz CT molecular complexity index is 1100. The fraction of sp³-hybridized carbons (Fsp3) is 0.364. The lowest BCUT2D eigenvalue weighted by atomic mass is 9.88. The highest BCUT2D eigenvalue weighted by atomic mass is 32.1. The van der Waals surface area contributed by atoms with Crippen molar-refractivity contribution >= 4 is 33.4 Å². The number of esters is 1. The van der Waals surface area contributed by atoms with Crippen molar-refractivity contribution in [1.29, 1.82) is 0 Å². The fourth-order valence-corrected chi connectivity index (χ4v) is 4.85. The number of aromatic nitrogens is 2. The van der Waals surface area contributed by atoms with Gasteiger partial charge >= 0.3 is 5.97 Å². The van der Waals surface area contributed by atoms with Gasteiger partial charge in [-0.25, -0.2) is 14.8 Å². The van der Waals surface area contributed by atoms with Gasteiger partial charge in [-0.2, -0.15) is 0 Å². The zero-order valence-corrected chi connectivity index (χ0v) is 17.8. The minimum Gasteiger partial charge on any atom is -0.467 e. The first-order valence-corrected chi connectivity index (χ1v) is 10.8. The van der Waals surface area contributed by atoms with Gasteiger partial charge in [-0.05, 0) is 49.8 Å². The number of carbonyl (C=O) groups is 2. The summed E-state index contributed by atoms with van der Waals surface area (Å²) in [5.74, 6) is -0.303. The quantitative estimate of drug-likeness (QED) is 0.605. The molecule has 1 N–H and O–H groups in total. The Morgan fingerprint density at radius 3 is 2.93 bits per heavy atom. The van der Waals surface area contributed by atoms with Gasteiger partial charge in [-0.15, -0.1) is 11.3 Å². The molecule has 0 fully saturated rings. The van der Waals surface area contributed by atoms with Crippen molar-refractivity contribution in [3.8, 4) is 5.88 Å². The molecule has 156 valence electrons. The number of carbonyl (C=O) groups excluding carboxylic acids is 2. The summed E-state index contributed by atoms with van der Waals surface area (Å²) in [4.78, 5) is 34.2. The molecule has 4 rings (SSSR count). The Balaban J connectivity index is 1.48. The number of nitrogens with zero attached hydrogens (tertiary/aromatic N) is 2. The van der Waals surface area contributed by atoms with E-state index in [0.717, 1.165) is 19.3 Å². The average Bonchev–Trinajstić information content (AvgIpc) is 3.10. The summed E-state index contributed by atoms with van der Waals surface area (Å²) >= 11 is 1.23. The fourth-order valence-electron chi connectivity index (χ4n) is 3.81. The first-order chi connectivity index (χ1) is 14.6. The van der Waals surface area contributed by atoms with Gasteiger partial charge in [0.25, 0.3) is 5.91 Å². The standard InChI is InChI=1S/C22H23N3O4S/c1-3-28-22(27)19-13(2)18-20(23-12-24-21(18)30-19)29-11-17(26)25-16-10-6-8-14-7-4-5-9-15(14)16/h4-5,7,9,12,16H,3,6,8,10-11H2,1-2H3,(H,25,26)/t16-/m1/s1. The molecule has 1 aromatic carbocycles. The van der Waals surface area contributed by atoms with Gasteiger partial charge in [0, 0.05) is 0 Å². The molecule has 30 heavy (non-hydrogen) atoms. The van der Waals surface area contributed by atoms with E-state index < -0.39 is 5.97 Å². The summed E-state index contributed by atoms with van der Waals surface area (Å²) in [6, 6.07) is 8.20. The number of thiophene rings is 1. The Hall–Kier alpha value is -3.00. The van der Waals surface area contributed by atoms with E-state index in [-0.39, 0.29) is 18.6 Å². The van der Waals surface area contributed by atoms with Crippen LogP contribution in [-0.2, 0) is 16.0 Å². The largest absolute Gasteiger partial charge is 0.467 e. The van der Waals surface area contributed by atoms with Crippen molar-refractivity contribution in [3.05, 3.63) is 52.2 Å². The number of fused-ring (bicyclic) bond motifs is 2. The summed E-state index contributed by atoms with van der Waals surface area (Å²) in [6.45, 7) is 3.71. The SMILES string of the molecule is CCOC(=O)c1sc2ncnc(OCC(=O)N[C@@H]3CCCc4ccccc43)c2c1C. The third-order valence-corrected chi connectivity index (χ3v) is 6.38. The number of aryl methyl sites for hydroxylation is 2.